The highest BCUT2D eigenvalue weighted by Crippen LogP contribution is 2.24. The van der Waals surface area contributed by atoms with Gasteiger partial charge in [0.25, 0.3) is 0 Å². The zero-order valence-electron chi connectivity index (χ0n) is 11.7. The first-order valence-corrected chi connectivity index (χ1v) is 8.03. The first-order valence-electron chi connectivity index (χ1n) is 6.87. The van der Waals surface area contributed by atoms with Gasteiger partial charge >= 0.3 is 0 Å². The number of methoxy groups -OCH3 is 1. The third-order valence-electron chi connectivity index (χ3n) is 3.48. The maximum Gasteiger partial charge on any atom is 0.167 e. The molecule has 6 nitrogen and oxygen atoms in total. The van der Waals surface area contributed by atoms with Crippen LogP contribution in [0.3, 0.4) is 0 Å². The van der Waals surface area contributed by atoms with Crippen molar-refractivity contribution in [3.8, 4) is 0 Å². The van der Waals surface area contributed by atoms with Crippen molar-refractivity contribution in [3.05, 3.63) is 5.82 Å². The van der Waals surface area contributed by atoms with E-state index in [9.17, 15) is 0 Å². The van der Waals surface area contributed by atoms with E-state index in [4.69, 9.17) is 4.74 Å². The first kappa shape index (κ1) is 14.7. The van der Waals surface area contributed by atoms with Crippen molar-refractivity contribution in [2.75, 3.05) is 31.8 Å². The molecule has 19 heavy (non-hydrogen) atoms. The van der Waals surface area contributed by atoms with E-state index in [2.05, 4.69) is 27.8 Å². The normalized spacial score (nSPS) is 18.6. The van der Waals surface area contributed by atoms with Gasteiger partial charge < -0.3 is 10.1 Å². The minimum absolute atomic E-state index is 0.156. The minimum atomic E-state index is 0.156. The molecule has 0 bridgehead atoms. The van der Waals surface area contributed by atoms with Crippen LogP contribution in [0.2, 0.25) is 0 Å². The fourth-order valence-corrected chi connectivity index (χ4v) is 3.50. The molecule has 108 valence electrons. The molecule has 1 aliphatic heterocycles. The zero-order chi connectivity index (χ0) is 13.5. The number of aromatic nitrogens is 4. The lowest BCUT2D eigenvalue weighted by molar-refractivity contribution is 0.195. The molecule has 0 aromatic carbocycles. The monoisotopic (exact) mass is 285 g/mol. The Morgan fingerprint density at radius 2 is 2.26 bits per heavy atom. The number of tetrazole rings is 1. The summed E-state index contributed by atoms with van der Waals surface area (Å²) in [5.41, 5.74) is 0. The number of nitrogens with one attached hydrogen (secondary N) is 1. The average Bonchev–Trinajstić information content (AvgIpc) is 2.88. The molecule has 1 N–H and O–H groups in total. The molecule has 1 fully saturated rings. The Morgan fingerprint density at radius 3 is 3.00 bits per heavy atom. The number of ether oxygens (including phenoxy) is 1. The molecule has 0 amide bonds. The topological polar surface area (TPSA) is 64.9 Å². The largest absolute Gasteiger partial charge is 0.383 e. The Kier molecular flexibility index (Phi) is 6.06. The van der Waals surface area contributed by atoms with Gasteiger partial charge in [-0.2, -0.15) is 11.8 Å². The Bertz CT molecular complexity index is 367. The molecule has 0 aliphatic carbocycles. The van der Waals surface area contributed by atoms with Crippen LogP contribution < -0.4 is 5.32 Å². The fourth-order valence-electron chi connectivity index (χ4n) is 2.29. The minimum Gasteiger partial charge on any atom is -0.383 e. The van der Waals surface area contributed by atoms with Gasteiger partial charge in [0.05, 0.1) is 12.6 Å². The van der Waals surface area contributed by atoms with E-state index >= 15 is 0 Å². The van der Waals surface area contributed by atoms with Gasteiger partial charge in [0.1, 0.15) is 0 Å². The molecular formula is C12H23N5OS. The highest BCUT2D eigenvalue weighted by molar-refractivity contribution is 7.99. The average molecular weight is 285 g/mol. The molecule has 0 spiro atoms. The van der Waals surface area contributed by atoms with E-state index in [1.807, 2.05) is 16.4 Å². The number of nitrogens with zero attached hydrogens (tertiary/aromatic N) is 4. The third kappa shape index (κ3) is 4.43. The molecule has 7 heteroatoms. The molecule has 2 rings (SSSR count). The van der Waals surface area contributed by atoms with Crippen LogP contribution >= 0.6 is 11.8 Å². The Hall–Kier alpha value is -0.660. The van der Waals surface area contributed by atoms with Gasteiger partial charge in [-0.15, -0.1) is 5.10 Å². The predicted molar refractivity (Wildman–Crippen MR) is 76.2 cm³/mol. The lowest BCUT2D eigenvalue weighted by Crippen LogP contribution is -2.27. The van der Waals surface area contributed by atoms with E-state index in [-0.39, 0.29) is 6.04 Å². The summed E-state index contributed by atoms with van der Waals surface area (Å²) >= 11 is 2.05. The quantitative estimate of drug-likeness (QED) is 0.757. The zero-order valence-corrected chi connectivity index (χ0v) is 12.5. The SMILES string of the molecule is COCCNC(C)c1nnnn1CC1CCSCC1. The van der Waals surface area contributed by atoms with E-state index in [1.54, 1.807) is 7.11 Å². The van der Waals surface area contributed by atoms with Crippen molar-refractivity contribution in [1.29, 1.82) is 0 Å². The molecule has 2 heterocycles. The standard InChI is InChI=1S/C12H23N5OS/c1-10(13-5-6-18-2)12-14-15-16-17(12)9-11-3-7-19-8-4-11/h10-11,13H,3-9H2,1-2H3. The van der Waals surface area contributed by atoms with Crippen LogP contribution in [0.4, 0.5) is 0 Å². The molecular weight excluding hydrogens is 262 g/mol. The van der Waals surface area contributed by atoms with Gasteiger partial charge in [0.15, 0.2) is 5.82 Å². The van der Waals surface area contributed by atoms with Crippen LogP contribution in [0.15, 0.2) is 0 Å². The predicted octanol–water partition coefficient (Wildman–Crippen LogP) is 1.11. The lowest BCUT2D eigenvalue weighted by Gasteiger charge is -2.22. The second-order valence-corrected chi connectivity index (χ2v) is 6.17. The molecule has 1 aromatic heterocycles. The van der Waals surface area contributed by atoms with E-state index in [0.717, 1.165) is 24.8 Å². The molecule has 1 atom stereocenters. The van der Waals surface area contributed by atoms with E-state index < -0.39 is 0 Å². The second kappa shape index (κ2) is 7.81. The summed E-state index contributed by atoms with van der Waals surface area (Å²) < 4.78 is 7.00. The van der Waals surface area contributed by atoms with Crippen molar-refractivity contribution in [2.45, 2.75) is 32.4 Å². The third-order valence-corrected chi connectivity index (χ3v) is 4.52. The van der Waals surface area contributed by atoms with E-state index in [1.165, 1.54) is 24.3 Å². The Morgan fingerprint density at radius 1 is 1.47 bits per heavy atom. The summed E-state index contributed by atoms with van der Waals surface area (Å²) in [4.78, 5) is 0. The van der Waals surface area contributed by atoms with Gasteiger partial charge in [-0.25, -0.2) is 4.68 Å². The maximum atomic E-state index is 5.04. The lowest BCUT2D eigenvalue weighted by atomic mass is 10.0. The van der Waals surface area contributed by atoms with Crippen molar-refractivity contribution in [1.82, 2.24) is 25.5 Å². The summed E-state index contributed by atoms with van der Waals surface area (Å²) in [7, 11) is 1.71. The van der Waals surface area contributed by atoms with Crippen molar-refractivity contribution >= 4 is 11.8 Å². The Labute approximate surface area is 118 Å². The molecule has 1 unspecified atom stereocenters. The summed E-state index contributed by atoms with van der Waals surface area (Å²) in [6.07, 6.45) is 2.55. The summed E-state index contributed by atoms with van der Waals surface area (Å²) in [6.45, 7) is 4.55. The van der Waals surface area contributed by atoms with E-state index in [0.29, 0.717) is 6.61 Å². The van der Waals surface area contributed by atoms with Gasteiger partial charge in [0.2, 0.25) is 0 Å². The summed E-state index contributed by atoms with van der Waals surface area (Å²) in [5.74, 6) is 4.18. The maximum absolute atomic E-state index is 5.04. The first-order chi connectivity index (χ1) is 9.31. The summed E-state index contributed by atoms with van der Waals surface area (Å²) in [6, 6.07) is 0.156. The fraction of sp³-hybridized carbons (Fsp3) is 0.917. The smallest absolute Gasteiger partial charge is 0.167 e. The van der Waals surface area contributed by atoms with Crippen molar-refractivity contribution in [3.63, 3.8) is 0 Å². The molecule has 1 aliphatic rings. The van der Waals surface area contributed by atoms with Crippen LogP contribution in [0.25, 0.3) is 0 Å². The van der Waals surface area contributed by atoms with Crippen molar-refractivity contribution in [2.24, 2.45) is 5.92 Å². The number of hydrogen-bond donors (Lipinski definition) is 1. The number of rotatable bonds is 7. The van der Waals surface area contributed by atoms with Gasteiger partial charge in [0, 0.05) is 20.2 Å². The van der Waals surface area contributed by atoms with Crippen LogP contribution in [0, 0.1) is 5.92 Å². The highest BCUT2D eigenvalue weighted by Gasteiger charge is 2.19. The van der Waals surface area contributed by atoms with Gasteiger partial charge in [-0.3, -0.25) is 0 Å². The molecule has 1 aromatic rings. The van der Waals surface area contributed by atoms with Gasteiger partial charge in [-0.1, -0.05) is 0 Å². The van der Waals surface area contributed by atoms with Crippen LogP contribution in [-0.2, 0) is 11.3 Å². The number of hydrogen-bond acceptors (Lipinski definition) is 6. The van der Waals surface area contributed by atoms with Gasteiger partial charge in [-0.05, 0) is 47.6 Å². The summed E-state index contributed by atoms with van der Waals surface area (Å²) in [5, 5.41) is 15.5. The molecule has 0 saturated carbocycles. The van der Waals surface area contributed by atoms with Crippen molar-refractivity contribution < 1.29 is 4.74 Å². The van der Waals surface area contributed by atoms with Crippen LogP contribution in [0.5, 0.6) is 0 Å². The number of thioether (sulfide) groups is 1. The Balaban J connectivity index is 1.88. The highest BCUT2D eigenvalue weighted by atomic mass is 32.2. The second-order valence-electron chi connectivity index (χ2n) is 4.94. The molecule has 0 radical (unpaired) electrons. The van der Waals surface area contributed by atoms with Crippen LogP contribution in [-0.4, -0.2) is 52.0 Å². The molecule has 1 saturated heterocycles. The van der Waals surface area contributed by atoms with Crippen LogP contribution in [0.1, 0.15) is 31.6 Å².